The van der Waals surface area contributed by atoms with Gasteiger partial charge in [-0.15, -0.1) is 23.9 Å². The molecule has 0 atom stereocenters. The number of benzene rings is 1. The first kappa shape index (κ1) is 27.6. The van der Waals surface area contributed by atoms with E-state index in [1.165, 1.54) is 24.8 Å². The number of rotatable bonds is 6. The van der Waals surface area contributed by atoms with E-state index in [0.717, 1.165) is 13.1 Å². The van der Waals surface area contributed by atoms with Crippen molar-refractivity contribution in [1.29, 1.82) is 0 Å². The van der Waals surface area contributed by atoms with E-state index in [9.17, 15) is 10.1 Å². The van der Waals surface area contributed by atoms with Crippen molar-refractivity contribution >= 4 is 99.1 Å². The number of halogens is 2. The van der Waals surface area contributed by atoms with E-state index in [0.29, 0.717) is 11.3 Å². The Morgan fingerprint density at radius 2 is 1.96 bits per heavy atom. The molecule has 0 radical (unpaired) electrons. The smallest absolute Gasteiger partial charge is 1.00 e. The van der Waals surface area contributed by atoms with Crippen LogP contribution < -0.4 is 4.74 Å². The number of non-ortho nitro benzene ring substituents is 1. The summed E-state index contributed by atoms with van der Waals surface area (Å²) in [4.78, 5) is 10.1. The quantitative estimate of drug-likeness (QED) is 0.159. The topological polar surface area (TPSA) is 58.8 Å². The average Bonchev–Trinajstić information content (AvgIpc) is 3.05. The molecule has 146 valence electrons. The van der Waals surface area contributed by atoms with Crippen molar-refractivity contribution in [3.63, 3.8) is 0 Å². The number of nitrogens with zero attached hydrogens (tertiary/aromatic N) is 3. The summed E-state index contributed by atoms with van der Waals surface area (Å²) in [6, 6.07) is 4.29. The van der Waals surface area contributed by atoms with Gasteiger partial charge in [-0.25, -0.2) is 0 Å². The second-order valence-corrected chi connectivity index (χ2v) is 11.8. The van der Waals surface area contributed by atoms with Crippen molar-refractivity contribution < 1.29 is 24.6 Å². The molecule has 0 bridgehead atoms. The van der Waals surface area contributed by atoms with E-state index in [4.69, 9.17) is 24.1 Å². The fourth-order valence-corrected chi connectivity index (χ4v) is 4.57. The van der Waals surface area contributed by atoms with Crippen LogP contribution in [0.25, 0.3) is 0 Å². The zero-order chi connectivity index (χ0) is 18.8. The number of nitro groups is 1. The Hall–Kier alpha value is 1.59. The molecule has 6 nitrogen and oxygen atoms in total. The summed E-state index contributed by atoms with van der Waals surface area (Å²) >= 11 is 1.51. The summed E-state index contributed by atoms with van der Waals surface area (Å²) in [6.45, 7) is 7.65. The molecule has 1 aromatic rings. The van der Waals surface area contributed by atoms with Crippen LogP contribution in [0, 0.1) is 23.4 Å². The largest absolute Gasteiger partial charge is 2.00 e. The summed E-state index contributed by atoms with van der Waals surface area (Å²) in [5.41, 5.74) is 0.537. The third kappa shape index (κ3) is 10.4. The van der Waals surface area contributed by atoms with Gasteiger partial charge in [0.1, 0.15) is 0 Å². The van der Waals surface area contributed by atoms with Gasteiger partial charge in [-0.05, 0) is 25.6 Å². The number of hydrogen-bond acceptors (Lipinski definition) is 7. The van der Waals surface area contributed by atoms with Crippen LogP contribution in [0.1, 0.15) is 13.9 Å². The molecule has 1 saturated heterocycles. The molecule has 2 rings (SSSR count). The molecule has 0 unspecified atom stereocenters. The monoisotopic (exact) mass is 602 g/mol. The molecule has 0 N–H and O–H groups in total. The maximum atomic E-state index is 10.6. The molecule has 0 aromatic heterocycles. The Morgan fingerprint density at radius 1 is 1.38 bits per heavy atom. The Labute approximate surface area is 215 Å². The van der Waals surface area contributed by atoms with Crippen molar-refractivity contribution in [3.8, 4) is 5.75 Å². The molecule has 0 saturated carbocycles. The second-order valence-electron chi connectivity index (χ2n) is 4.40. The summed E-state index contributed by atoms with van der Waals surface area (Å²) < 4.78 is 11.3. The average molecular weight is 602 g/mol. The van der Waals surface area contributed by atoms with Gasteiger partial charge in [0.25, 0.3) is 0 Å². The van der Waals surface area contributed by atoms with E-state index in [1.807, 2.05) is 0 Å². The SMILES string of the molecule is CSN1[CH-]N(SC)CC1.C[CH-]Oc1ccc([N+](=O)[O-])cc1[CH]=[Ru]([Cl])[Cl].[H-].[Sr+2]. The molecule has 1 aliphatic rings. The van der Waals surface area contributed by atoms with Crippen LogP contribution in [-0.2, 0) is 13.5 Å². The third-order valence-electron chi connectivity index (χ3n) is 2.90. The van der Waals surface area contributed by atoms with Gasteiger partial charge in [-0.3, -0.25) is 0 Å². The van der Waals surface area contributed by atoms with Gasteiger partial charge in [0.2, 0.25) is 0 Å². The molecule has 0 amide bonds. The van der Waals surface area contributed by atoms with Crippen molar-refractivity contribution in [3.05, 3.63) is 47.2 Å². The maximum absolute atomic E-state index is 10.6. The molecule has 1 aromatic carbocycles. The third-order valence-corrected chi connectivity index (χ3v) is 6.23. The second kappa shape index (κ2) is 15.4. The zero-order valence-electron chi connectivity index (χ0n) is 15.6. The molecule has 0 spiro atoms. The van der Waals surface area contributed by atoms with Gasteiger partial charge in [0, 0.05) is 0 Å². The van der Waals surface area contributed by atoms with Crippen LogP contribution in [0.4, 0.5) is 5.69 Å². The van der Waals surface area contributed by atoms with Gasteiger partial charge in [-0.2, -0.15) is 6.67 Å². The van der Waals surface area contributed by atoms with Crippen molar-refractivity contribution in [1.82, 2.24) is 8.61 Å². The predicted molar refractivity (Wildman–Crippen MR) is 112 cm³/mol. The van der Waals surface area contributed by atoms with Crippen LogP contribution in [0.3, 0.4) is 0 Å². The normalized spacial score (nSPS) is 14.7. The van der Waals surface area contributed by atoms with Crippen LogP contribution in [0.5, 0.6) is 5.75 Å². The number of hydrogen-bond donors (Lipinski definition) is 0. The molecule has 26 heavy (non-hydrogen) atoms. The van der Waals surface area contributed by atoms with Gasteiger partial charge in [0.15, 0.2) is 0 Å². The van der Waals surface area contributed by atoms with Crippen LogP contribution in [-0.4, -0.2) is 89.2 Å². The molecular weight excluding hydrogens is 582 g/mol. The summed E-state index contributed by atoms with van der Waals surface area (Å²) in [5.74, 6) is 0.508. The van der Waals surface area contributed by atoms with E-state index in [-0.39, 0.29) is 52.6 Å². The molecule has 1 aliphatic heterocycles. The Morgan fingerprint density at radius 3 is 2.35 bits per heavy atom. The van der Waals surface area contributed by atoms with Gasteiger partial charge < -0.3 is 10.0 Å². The minimum absolute atomic E-state index is 0. The summed E-state index contributed by atoms with van der Waals surface area (Å²) in [5, 5.41) is 10.6. The molecular formula is C14H20Cl2N3O3RuS2Sr-. The Bertz CT molecular complexity index is 609. The minimum Gasteiger partial charge on any atom is -1.00 e. The van der Waals surface area contributed by atoms with Crippen molar-refractivity contribution in [2.24, 2.45) is 0 Å². The standard InChI is InChI=1S/C9H8NO3.C5H11N2S2.2ClH.Ru.Sr.H/c1-3-13-9-5-4-8(10(11)12)6-7(9)2;1-8-6-3-4-7(5-6)9-2;;;;;/h2-6H,1H3;5H,3-4H2,1-2H3;2*1H;;;/q2*-1;;;2*+2;-1/p-2. The van der Waals surface area contributed by atoms with Gasteiger partial charge in [-0.1, -0.05) is 0 Å². The van der Waals surface area contributed by atoms with Crippen LogP contribution in [0.15, 0.2) is 18.2 Å². The molecule has 1 heterocycles. The summed E-state index contributed by atoms with van der Waals surface area (Å²) in [7, 11) is 11.5. The van der Waals surface area contributed by atoms with E-state index in [1.54, 1.807) is 35.4 Å². The Kier molecular flexibility index (Phi) is 16.4. The minimum atomic E-state index is -2.04. The fourth-order valence-electron chi connectivity index (χ4n) is 1.78. The number of ether oxygens (including phenoxy) is 1. The van der Waals surface area contributed by atoms with Gasteiger partial charge in [0.05, 0.1) is 0 Å². The first-order valence-corrected chi connectivity index (χ1v) is 14.8. The van der Waals surface area contributed by atoms with Crippen LogP contribution in [0.2, 0.25) is 0 Å². The first-order chi connectivity index (χ1) is 11.9. The van der Waals surface area contributed by atoms with E-state index < -0.39 is 18.4 Å². The fraction of sp³-hybridized carbons (Fsp3) is 0.357. The molecule has 0 aliphatic carbocycles. The predicted octanol–water partition coefficient (Wildman–Crippen LogP) is 4.24. The number of nitro benzene ring substituents is 1. The Balaban J connectivity index is 0. The molecule has 12 heteroatoms. The van der Waals surface area contributed by atoms with Crippen molar-refractivity contribution in [2.75, 3.05) is 25.6 Å². The summed E-state index contributed by atoms with van der Waals surface area (Å²) in [6.07, 6.45) is 4.20. The van der Waals surface area contributed by atoms with Crippen LogP contribution >= 0.6 is 43.3 Å². The zero-order valence-corrected chi connectivity index (χ0v) is 22.9. The first-order valence-electron chi connectivity index (χ1n) is 6.93. The van der Waals surface area contributed by atoms with Crippen molar-refractivity contribution in [2.45, 2.75) is 6.92 Å². The van der Waals surface area contributed by atoms with E-state index in [2.05, 4.69) is 27.8 Å². The maximum Gasteiger partial charge on any atom is 2.00 e. The van der Waals surface area contributed by atoms with Gasteiger partial charge >= 0.3 is 151 Å². The van der Waals surface area contributed by atoms with E-state index >= 15 is 0 Å². The molecule has 1 fully saturated rings.